The third-order valence-electron chi connectivity index (χ3n) is 5.71. The number of allylic oxidation sites excluding steroid dienone is 1. The maximum Gasteiger partial charge on any atom is 0.347 e. The second-order valence-electron chi connectivity index (χ2n) is 7.95. The van der Waals surface area contributed by atoms with Gasteiger partial charge >= 0.3 is 5.97 Å². The molecule has 3 aromatic rings. The van der Waals surface area contributed by atoms with Gasteiger partial charge in [-0.15, -0.1) is 0 Å². The molecule has 0 saturated heterocycles. The molecule has 1 atom stereocenters. The first-order valence-electron chi connectivity index (χ1n) is 11.4. The molecule has 0 spiro atoms. The van der Waals surface area contributed by atoms with Gasteiger partial charge in [0.15, 0.2) is 0 Å². The Bertz CT molecular complexity index is 1310. The zero-order valence-corrected chi connectivity index (χ0v) is 19.6. The number of rotatable bonds is 8. The number of hydrogen-bond donors (Lipinski definition) is 1. The first-order chi connectivity index (χ1) is 17.1. The van der Waals surface area contributed by atoms with Gasteiger partial charge in [-0.1, -0.05) is 49.7 Å². The number of fused-ring (bicyclic) bond motifs is 1. The molecule has 2 N–H and O–H groups in total. The highest BCUT2D eigenvalue weighted by Crippen LogP contribution is 2.46. The highest BCUT2D eigenvalue weighted by atomic mass is 16.5. The number of carbonyl (C=O) groups is 1. The summed E-state index contributed by atoms with van der Waals surface area (Å²) < 4.78 is 22.6. The van der Waals surface area contributed by atoms with Gasteiger partial charge in [0.25, 0.3) is 0 Å². The van der Waals surface area contributed by atoms with E-state index in [9.17, 15) is 10.1 Å². The SMILES string of the molecule is CCCCOc1ccccc1C1C(C#N)=C(N)Oc2cc(OC(=O)c3ccccc3OC)ccc21. The molecule has 0 fully saturated rings. The molecule has 178 valence electrons. The van der Waals surface area contributed by atoms with Gasteiger partial charge in [-0.25, -0.2) is 4.79 Å². The summed E-state index contributed by atoms with van der Waals surface area (Å²) in [4.78, 5) is 12.7. The lowest BCUT2D eigenvalue weighted by molar-refractivity contribution is 0.0731. The number of hydrogen-bond acceptors (Lipinski definition) is 7. The lowest BCUT2D eigenvalue weighted by atomic mass is 9.83. The number of nitrogens with two attached hydrogens (primary N) is 1. The van der Waals surface area contributed by atoms with Crippen LogP contribution < -0.4 is 24.7 Å². The van der Waals surface area contributed by atoms with E-state index in [1.807, 2.05) is 24.3 Å². The van der Waals surface area contributed by atoms with E-state index in [1.165, 1.54) is 7.11 Å². The van der Waals surface area contributed by atoms with Crippen molar-refractivity contribution in [1.29, 1.82) is 5.26 Å². The Labute approximate surface area is 204 Å². The molecule has 1 heterocycles. The lowest BCUT2D eigenvalue weighted by Gasteiger charge is -2.28. The molecule has 0 radical (unpaired) electrons. The molecule has 0 amide bonds. The fourth-order valence-electron chi connectivity index (χ4n) is 3.97. The summed E-state index contributed by atoms with van der Waals surface area (Å²) in [6, 6.07) is 21.6. The zero-order chi connectivity index (χ0) is 24.8. The van der Waals surface area contributed by atoms with E-state index >= 15 is 0 Å². The summed E-state index contributed by atoms with van der Waals surface area (Å²) in [5.41, 5.74) is 8.28. The first kappa shape index (κ1) is 23.7. The average molecular weight is 471 g/mol. The normalized spacial score (nSPS) is 14.4. The molecular weight excluding hydrogens is 444 g/mol. The minimum atomic E-state index is -0.564. The molecule has 1 unspecified atom stereocenters. The number of nitriles is 1. The van der Waals surface area contributed by atoms with Crippen LogP contribution in [0.3, 0.4) is 0 Å². The number of unbranched alkanes of at least 4 members (excludes halogenated alkanes) is 1. The van der Waals surface area contributed by atoms with Crippen LogP contribution in [0.15, 0.2) is 78.2 Å². The molecule has 0 saturated carbocycles. The molecular formula is C28H26N2O5. The summed E-state index contributed by atoms with van der Waals surface area (Å²) in [5.74, 6) is 0.732. The van der Waals surface area contributed by atoms with E-state index in [2.05, 4.69) is 13.0 Å². The summed E-state index contributed by atoms with van der Waals surface area (Å²) in [6.07, 6.45) is 1.93. The summed E-state index contributed by atoms with van der Waals surface area (Å²) >= 11 is 0. The molecule has 0 bridgehead atoms. The van der Waals surface area contributed by atoms with E-state index in [4.69, 9.17) is 24.7 Å². The van der Waals surface area contributed by atoms with Gasteiger partial charge in [-0.2, -0.15) is 5.26 Å². The Hall–Kier alpha value is -4.44. The molecule has 35 heavy (non-hydrogen) atoms. The van der Waals surface area contributed by atoms with Crippen molar-refractivity contribution in [2.75, 3.05) is 13.7 Å². The highest BCUT2D eigenvalue weighted by Gasteiger charge is 2.33. The van der Waals surface area contributed by atoms with Gasteiger partial charge in [0.05, 0.1) is 19.6 Å². The van der Waals surface area contributed by atoms with E-state index in [-0.39, 0.29) is 11.6 Å². The topological polar surface area (TPSA) is 104 Å². The largest absolute Gasteiger partial charge is 0.496 e. The fraction of sp³-hybridized carbons (Fsp3) is 0.214. The van der Waals surface area contributed by atoms with Crippen LogP contribution in [0.25, 0.3) is 0 Å². The average Bonchev–Trinajstić information content (AvgIpc) is 2.88. The minimum Gasteiger partial charge on any atom is -0.496 e. The Kier molecular flexibility index (Phi) is 7.22. The van der Waals surface area contributed by atoms with E-state index in [0.717, 1.165) is 24.0 Å². The molecule has 1 aliphatic rings. The number of ether oxygens (including phenoxy) is 4. The predicted octanol–water partition coefficient (Wildman–Crippen LogP) is 5.31. The number of esters is 1. The van der Waals surface area contributed by atoms with Gasteiger partial charge in [-0.05, 0) is 30.7 Å². The number of carbonyl (C=O) groups excluding carboxylic acids is 1. The molecule has 0 aromatic heterocycles. The van der Waals surface area contributed by atoms with Crippen LogP contribution in [0.5, 0.6) is 23.0 Å². The van der Waals surface area contributed by atoms with Crippen molar-refractivity contribution < 1.29 is 23.7 Å². The van der Waals surface area contributed by atoms with E-state index in [0.29, 0.717) is 35.0 Å². The zero-order valence-electron chi connectivity index (χ0n) is 19.6. The van der Waals surface area contributed by atoms with Crippen molar-refractivity contribution in [1.82, 2.24) is 0 Å². The summed E-state index contributed by atoms with van der Waals surface area (Å²) in [7, 11) is 1.49. The van der Waals surface area contributed by atoms with Crippen molar-refractivity contribution in [2.45, 2.75) is 25.7 Å². The van der Waals surface area contributed by atoms with Crippen LogP contribution in [-0.4, -0.2) is 19.7 Å². The summed E-state index contributed by atoms with van der Waals surface area (Å²) in [5, 5.41) is 9.88. The molecule has 4 rings (SSSR count). The van der Waals surface area contributed by atoms with Crippen molar-refractivity contribution in [3.05, 3.63) is 94.9 Å². The lowest BCUT2D eigenvalue weighted by Crippen LogP contribution is -2.21. The van der Waals surface area contributed by atoms with Crippen LogP contribution in [0, 0.1) is 11.3 Å². The van der Waals surface area contributed by atoms with Crippen molar-refractivity contribution in [2.24, 2.45) is 5.73 Å². The third-order valence-corrected chi connectivity index (χ3v) is 5.71. The highest BCUT2D eigenvalue weighted by molar-refractivity contribution is 5.94. The second-order valence-corrected chi connectivity index (χ2v) is 7.95. The smallest absolute Gasteiger partial charge is 0.347 e. The third kappa shape index (κ3) is 4.92. The number of nitrogens with zero attached hydrogens (tertiary/aromatic N) is 1. The van der Waals surface area contributed by atoms with Crippen LogP contribution in [-0.2, 0) is 0 Å². The van der Waals surface area contributed by atoms with Gasteiger partial charge in [0.1, 0.15) is 40.2 Å². The Morgan fingerprint density at radius 3 is 2.54 bits per heavy atom. The standard InChI is InChI=1S/C28H26N2O5/c1-3-4-15-33-24-12-8-5-9-19(24)26-20-14-13-18(16-25(20)35-27(30)22(26)17-29)34-28(31)21-10-6-7-11-23(21)32-2/h5-14,16,26H,3-4,15,30H2,1-2H3. The van der Waals surface area contributed by atoms with Gasteiger partial charge in [0.2, 0.25) is 5.88 Å². The van der Waals surface area contributed by atoms with Gasteiger partial charge in [0, 0.05) is 17.2 Å². The minimum absolute atomic E-state index is 0.00145. The second kappa shape index (κ2) is 10.7. The van der Waals surface area contributed by atoms with Crippen LogP contribution >= 0.6 is 0 Å². The predicted molar refractivity (Wildman–Crippen MR) is 131 cm³/mol. The van der Waals surface area contributed by atoms with Crippen LogP contribution in [0.4, 0.5) is 0 Å². The van der Waals surface area contributed by atoms with Crippen molar-refractivity contribution >= 4 is 5.97 Å². The Morgan fingerprint density at radius 2 is 1.80 bits per heavy atom. The van der Waals surface area contributed by atoms with Gasteiger partial charge in [-0.3, -0.25) is 0 Å². The van der Waals surface area contributed by atoms with E-state index in [1.54, 1.807) is 42.5 Å². The number of para-hydroxylation sites is 2. The number of methoxy groups -OCH3 is 1. The van der Waals surface area contributed by atoms with Gasteiger partial charge < -0.3 is 24.7 Å². The molecule has 7 nitrogen and oxygen atoms in total. The molecule has 1 aliphatic heterocycles. The molecule has 7 heteroatoms. The quantitative estimate of drug-likeness (QED) is 0.270. The maximum absolute atomic E-state index is 12.7. The van der Waals surface area contributed by atoms with Crippen LogP contribution in [0.2, 0.25) is 0 Å². The van der Waals surface area contributed by atoms with Crippen LogP contribution in [0.1, 0.15) is 47.2 Å². The maximum atomic E-state index is 12.7. The fourth-order valence-corrected chi connectivity index (χ4v) is 3.97. The summed E-state index contributed by atoms with van der Waals surface area (Å²) in [6.45, 7) is 2.67. The molecule has 0 aliphatic carbocycles. The number of benzene rings is 3. The first-order valence-corrected chi connectivity index (χ1v) is 11.4. The van der Waals surface area contributed by atoms with Crippen molar-refractivity contribution in [3.63, 3.8) is 0 Å². The Morgan fingerprint density at radius 1 is 1.06 bits per heavy atom. The monoisotopic (exact) mass is 470 g/mol. The Balaban J connectivity index is 1.69. The van der Waals surface area contributed by atoms with Crippen molar-refractivity contribution in [3.8, 4) is 29.1 Å². The van der Waals surface area contributed by atoms with E-state index < -0.39 is 11.9 Å². The molecule has 3 aromatic carbocycles.